The number of ether oxygens (including phenoxy) is 1. The number of esters is 1. The summed E-state index contributed by atoms with van der Waals surface area (Å²) >= 11 is 2.94. The maximum absolute atomic E-state index is 12.7. The first-order valence-corrected chi connectivity index (χ1v) is 14.0. The van der Waals surface area contributed by atoms with E-state index in [1.54, 1.807) is 49.2 Å². The molecule has 0 fully saturated rings. The minimum Gasteiger partial charge on any atom is -0.465 e. The third kappa shape index (κ3) is 5.93. The molecule has 0 saturated heterocycles. The predicted molar refractivity (Wildman–Crippen MR) is 131 cm³/mol. The fourth-order valence-electron chi connectivity index (χ4n) is 3.14. The summed E-state index contributed by atoms with van der Waals surface area (Å²) in [7, 11) is -3.37. The zero-order valence-electron chi connectivity index (χ0n) is 18.9. The molecular formula is C23H26N2O5S3. The second-order valence-corrected chi connectivity index (χ2v) is 11.9. The quantitative estimate of drug-likeness (QED) is 0.340. The summed E-state index contributed by atoms with van der Waals surface area (Å²) in [6.45, 7) is 5.23. The average molecular weight is 507 g/mol. The Labute approximate surface area is 201 Å². The van der Waals surface area contributed by atoms with Crippen molar-refractivity contribution in [3.8, 4) is 0 Å². The van der Waals surface area contributed by atoms with Crippen molar-refractivity contribution in [3.63, 3.8) is 0 Å². The minimum atomic E-state index is -3.37. The SMILES string of the molecule is CCOC(=O)Cn1c(=NC(=O)Cc2ccc(S(=O)(=O)C(C)C)cc2)sc2cc(SC)ccc21. The van der Waals surface area contributed by atoms with E-state index in [4.69, 9.17) is 4.74 Å². The summed E-state index contributed by atoms with van der Waals surface area (Å²) in [5, 5.41) is -0.519. The highest BCUT2D eigenvalue weighted by Crippen LogP contribution is 2.24. The lowest BCUT2D eigenvalue weighted by Gasteiger charge is -2.08. The van der Waals surface area contributed by atoms with Crippen molar-refractivity contribution in [1.82, 2.24) is 4.57 Å². The Balaban J connectivity index is 1.92. The average Bonchev–Trinajstić information content (AvgIpc) is 3.09. The molecule has 0 unspecified atom stereocenters. The molecule has 1 heterocycles. The van der Waals surface area contributed by atoms with Gasteiger partial charge in [0.15, 0.2) is 14.6 Å². The molecule has 0 saturated carbocycles. The van der Waals surface area contributed by atoms with Crippen molar-refractivity contribution in [2.45, 2.75) is 48.8 Å². The fourth-order valence-corrected chi connectivity index (χ4v) is 5.80. The van der Waals surface area contributed by atoms with Crippen LogP contribution in [0.3, 0.4) is 0 Å². The van der Waals surface area contributed by atoms with Crippen molar-refractivity contribution >= 4 is 55.0 Å². The van der Waals surface area contributed by atoms with Crippen molar-refractivity contribution < 1.29 is 22.7 Å². The summed E-state index contributed by atoms with van der Waals surface area (Å²) < 4.78 is 32.3. The smallest absolute Gasteiger partial charge is 0.326 e. The molecule has 33 heavy (non-hydrogen) atoms. The lowest BCUT2D eigenvalue weighted by Crippen LogP contribution is -2.23. The van der Waals surface area contributed by atoms with Gasteiger partial charge in [-0.1, -0.05) is 23.5 Å². The van der Waals surface area contributed by atoms with Crippen molar-refractivity contribution in [1.29, 1.82) is 0 Å². The van der Waals surface area contributed by atoms with Crippen LogP contribution in [0.5, 0.6) is 0 Å². The van der Waals surface area contributed by atoms with Gasteiger partial charge in [0, 0.05) is 4.90 Å². The molecule has 1 amide bonds. The second kappa shape index (κ2) is 10.7. The third-order valence-corrected chi connectivity index (χ3v) is 8.87. The molecule has 3 rings (SSSR count). The number of thiazole rings is 1. The molecule has 0 radical (unpaired) electrons. The van der Waals surface area contributed by atoms with Gasteiger partial charge in [0.2, 0.25) is 0 Å². The lowest BCUT2D eigenvalue weighted by atomic mass is 10.1. The van der Waals surface area contributed by atoms with E-state index in [2.05, 4.69) is 4.99 Å². The number of amides is 1. The van der Waals surface area contributed by atoms with Gasteiger partial charge in [-0.2, -0.15) is 4.99 Å². The van der Waals surface area contributed by atoms with Crippen LogP contribution in [0.4, 0.5) is 0 Å². The van der Waals surface area contributed by atoms with Crippen LogP contribution in [0.2, 0.25) is 0 Å². The van der Waals surface area contributed by atoms with Gasteiger partial charge in [-0.05, 0) is 62.9 Å². The Morgan fingerprint density at radius 1 is 1.15 bits per heavy atom. The second-order valence-electron chi connectivity index (χ2n) is 7.53. The number of rotatable bonds is 8. The van der Waals surface area contributed by atoms with E-state index < -0.39 is 21.1 Å². The van der Waals surface area contributed by atoms with Crippen LogP contribution in [0, 0.1) is 0 Å². The van der Waals surface area contributed by atoms with Gasteiger partial charge < -0.3 is 9.30 Å². The number of thioether (sulfide) groups is 1. The highest BCUT2D eigenvalue weighted by atomic mass is 32.2. The number of fused-ring (bicyclic) bond motifs is 1. The highest BCUT2D eigenvalue weighted by Gasteiger charge is 2.19. The maximum atomic E-state index is 12.7. The number of hydrogen-bond acceptors (Lipinski definition) is 7. The number of carbonyl (C=O) groups excluding carboxylic acids is 2. The zero-order chi connectivity index (χ0) is 24.2. The van der Waals surface area contributed by atoms with Gasteiger partial charge in [-0.25, -0.2) is 8.42 Å². The van der Waals surface area contributed by atoms with Crippen molar-refractivity contribution in [2.75, 3.05) is 12.9 Å². The van der Waals surface area contributed by atoms with Gasteiger partial charge in [0.25, 0.3) is 5.91 Å². The Hall–Kier alpha value is -2.43. The Morgan fingerprint density at radius 3 is 2.45 bits per heavy atom. The fraction of sp³-hybridized carbons (Fsp3) is 0.348. The number of aromatic nitrogens is 1. The monoisotopic (exact) mass is 506 g/mol. The lowest BCUT2D eigenvalue weighted by molar-refractivity contribution is -0.143. The van der Waals surface area contributed by atoms with Gasteiger partial charge in [0.1, 0.15) is 6.54 Å². The zero-order valence-corrected chi connectivity index (χ0v) is 21.4. The molecule has 0 aliphatic carbocycles. The molecule has 2 aromatic carbocycles. The number of carbonyl (C=O) groups is 2. The molecular weight excluding hydrogens is 480 g/mol. The Kier molecular flexibility index (Phi) is 8.14. The highest BCUT2D eigenvalue weighted by molar-refractivity contribution is 7.98. The van der Waals surface area contributed by atoms with E-state index in [1.165, 1.54) is 23.5 Å². The van der Waals surface area contributed by atoms with E-state index in [0.717, 1.165) is 15.1 Å². The van der Waals surface area contributed by atoms with Gasteiger partial charge in [-0.3, -0.25) is 9.59 Å². The summed E-state index contributed by atoms with van der Waals surface area (Å²) in [5.41, 5.74) is 1.47. The first-order valence-electron chi connectivity index (χ1n) is 10.4. The summed E-state index contributed by atoms with van der Waals surface area (Å²) in [5.74, 6) is -0.786. The van der Waals surface area contributed by atoms with Crippen molar-refractivity contribution in [2.24, 2.45) is 4.99 Å². The van der Waals surface area contributed by atoms with Crippen LogP contribution in [0.15, 0.2) is 57.2 Å². The number of hydrogen-bond donors (Lipinski definition) is 0. The molecule has 3 aromatic rings. The molecule has 7 nitrogen and oxygen atoms in total. The molecule has 1 aromatic heterocycles. The van der Waals surface area contributed by atoms with Crippen LogP contribution in [0.1, 0.15) is 26.3 Å². The van der Waals surface area contributed by atoms with Crippen molar-refractivity contribution in [3.05, 3.63) is 52.8 Å². The largest absolute Gasteiger partial charge is 0.465 e. The summed E-state index contributed by atoms with van der Waals surface area (Å²) in [4.78, 5) is 30.9. The molecule has 0 N–H and O–H groups in total. The molecule has 0 aliphatic heterocycles. The molecule has 0 atom stereocenters. The molecule has 10 heteroatoms. The van der Waals surface area contributed by atoms with E-state index in [9.17, 15) is 18.0 Å². The van der Waals surface area contributed by atoms with Gasteiger partial charge in [-0.15, -0.1) is 11.8 Å². The van der Waals surface area contributed by atoms with Gasteiger partial charge in [0.05, 0.1) is 33.4 Å². The van der Waals surface area contributed by atoms with Gasteiger partial charge >= 0.3 is 5.97 Å². The van der Waals surface area contributed by atoms with Crippen LogP contribution in [-0.2, 0) is 37.1 Å². The van der Waals surface area contributed by atoms with E-state index in [-0.39, 0.29) is 30.4 Å². The minimum absolute atomic E-state index is 0.0196. The number of sulfone groups is 1. The Morgan fingerprint density at radius 2 is 1.85 bits per heavy atom. The van der Waals surface area contributed by atoms with E-state index in [0.29, 0.717) is 10.4 Å². The topological polar surface area (TPSA) is 94.8 Å². The number of nitrogens with zero attached hydrogens (tertiary/aromatic N) is 2. The first-order chi connectivity index (χ1) is 15.6. The molecule has 176 valence electrons. The standard InChI is InChI=1S/C23H26N2O5S3/c1-5-30-22(27)14-25-19-11-8-17(31-4)13-20(19)32-23(25)24-21(26)12-16-6-9-18(10-7-16)33(28,29)15(2)3/h6-11,13,15H,5,12,14H2,1-4H3. The number of benzene rings is 2. The summed E-state index contributed by atoms with van der Waals surface area (Å²) in [6.07, 6.45) is 2.00. The van der Waals surface area contributed by atoms with E-state index >= 15 is 0 Å². The van der Waals surface area contributed by atoms with Crippen LogP contribution < -0.4 is 4.80 Å². The molecule has 0 aliphatic rings. The van der Waals surface area contributed by atoms with Crippen LogP contribution in [0.25, 0.3) is 10.2 Å². The summed E-state index contributed by atoms with van der Waals surface area (Å²) in [6, 6.07) is 12.2. The van der Waals surface area contributed by atoms with Crippen LogP contribution in [-0.4, -0.2) is 43.0 Å². The van der Waals surface area contributed by atoms with Crippen LogP contribution >= 0.6 is 23.1 Å². The predicted octanol–water partition coefficient (Wildman–Crippen LogP) is 3.84. The normalized spacial score (nSPS) is 12.5. The maximum Gasteiger partial charge on any atom is 0.326 e. The third-order valence-electron chi connectivity index (χ3n) is 4.93. The van der Waals surface area contributed by atoms with E-state index in [1.807, 2.05) is 24.5 Å². The molecule has 0 spiro atoms. The molecule has 0 bridgehead atoms. The first kappa shape index (κ1) is 25.2. The Bertz CT molecular complexity index is 1340.